The van der Waals surface area contributed by atoms with Gasteiger partial charge in [-0.15, -0.1) is 0 Å². The van der Waals surface area contributed by atoms with E-state index in [0.717, 1.165) is 50.9 Å². The van der Waals surface area contributed by atoms with Crippen LogP contribution < -0.4 is 0 Å². The Labute approximate surface area is 101 Å². The van der Waals surface area contributed by atoms with Crippen LogP contribution in [0.4, 0.5) is 0 Å². The summed E-state index contributed by atoms with van der Waals surface area (Å²) in [4.78, 5) is 17.3. The van der Waals surface area contributed by atoms with Gasteiger partial charge in [-0.2, -0.15) is 4.98 Å². The maximum atomic E-state index is 10.8. The summed E-state index contributed by atoms with van der Waals surface area (Å²) in [5, 5.41) is 3.93. The Kier molecular flexibility index (Phi) is 4.25. The van der Waals surface area contributed by atoms with Crippen LogP contribution in [-0.4, -0.2) is 34.4 Å². The maximum absolute atomic E-state index is 10.8. The maximum Gasteiger partial charge on any atom is 0.240 e. The third-order valence-electron chi connectivity index (χ3n) is 3.08. The zero-order valence-electron chi connectivity index (χ0n) is 10.3. The molecular weight excluding hydrogens is 218 g/mol. The molecule has 94 valence electrons. The third kappa shape index (κ3) is 3.36. The lowest BCUT2D eigenvalue weighted by molar-refractivity contribution is -0.112. The molecule has 0 aromatic carbocycles. The molecule has 2 rings (SSSR count). The van der Waals surface area contributed by atoms with Gasteiger partial charge in [-0.1, -0.05) is 12.1 Å². The monoisotopic (exact) mass is 237 g/mol. The van der Waals surface area contributed by atoms with E-state index in [1.54, 1.807) is 0 Å². The molecule has 0 aliphatic carbocycles. The summed E-state index contributed by atoms with van der Waals surface area (Å²) in [5.74, 6) is 1.62. The van der Waals surface area contributed by atoms with Crippen molar-refractivity contribution in [2.24, 2.45) is 5.92 Å². The fourth-order valence-electron chi connectivity index (χ4n) is 2.22. The van der Waals surface area contributed by atoms with Gasteiger partial charge in [-0.25, -0.2) is 0 Å². The minimum Gasteiger partial charge on any atom is -0.338 e. The number of carbonyl (C=O) groups is 1. The van der Waals surface area contributed by atoms with Crippen molar-refractivity contribution in [1.82, 2.24) is 15.0 Å². The zero-order chi connectivity index (χ0) is 12.1. The van der Waals surface area contributed by atoms with Crippen LogP contribution >= 0.6 is 0 Å². The Morgan fingerprint density at radius 1 is 1.59 bits per heavy atom. The zero-order valence-corrected chi connectivity index (χ0v) is 10.3. The van der Waals surface area contributed by atoms with Gasteiger partial charge in [0.05, 0.1) is 6.54 Å². The molecule has 17 heavy (non-hydrogen) atoms. The first-order chi connectivity index (χ1) is 8.31. The summed E-state index contributed by atoms with van der Waals surface area (Å²) in [6.07, 6.45) is 5.02. The summed E-state index contributed by atoms with van der Waals surface area (Å²) in [6.45, 7) is 4.58. The Morgan fingerprint density at radius 3 is 3.24 bits per heavy atom. The fourth-order valence-corrected chi connectivity index (χ4v) is 2.22. The number of likely N-dealkylation sites (tertiary alicyclic amines) is 1. The van der Waals surface area contributed by atoms with Crippen molar-refractivity contribution in [3.8, 4) is 0 Å². The van der Waals surface area contributed by atoms with E-state index in [9.17, 15) is 4.79 Å². The van der Waals surface area contributed by atoms with Gasteiger partial charge in [0, 0.05) is 18.9 Å². The second kappa shape index (κ2) is 5.91. The molecule has 1 saturated heterocycles. The molecule has 1 aliphatic rings. The molecule has 1 unspecified atom stereocenters. The standard InChI is InChI=1S/C12H19N3O2/c1-2-4-11-13-12(17-14-11)8-15-6-3-5-10(7-15)9-16/h9-10H,2-8H2,1H3. The van der Waals surface area contributed by atoms with Crippen molar-refractivity contribution in [1.29, 1.82) is 0 Å². The van der Waals surface area contributed by atoms with Crippen LogP contribution in [0.5, 0.6) is 0 Å². The van der Waals surface area contributed by atoms with Crippen LogP contribution in [0.15, 0.2) is 4.52 Å². The largest absolute Gasteiger partial charge is 0.338 e. The highest BCUT2D eigenvalue weighted by Gasteiger charge is 2.21. The first-order valence-corrected chi connectivity index (χ1v) is 6.31. The molecule has 0 bridgehead atoms. The Morgan fingerprint density at radius 2 is 2.47 bits per heavy atom. The van der Waals surface area contributed by atoms with Gasteiger partial charge in [-0.05, 0) is 25.8 Å². The van der Waals surface area contributed by atoms with E-state index in [4.69, 9.17) is 4.52 Å². The molecule has 1 aromatic heterocycles. The van der Waals surface area contributed by atoms with Gasteiger partial charge >= 0.3 is 0 Å². The van der Waals surface area contributed by atoms with E-state index in [1.807, 2.05) is 0 Å². The van der Waals surface area contributed by atoms with E-state index in [-0.39, 0.29) is 5.92 Å². The van der Waals surface area contributed by atoms with Gasteiger partial charge in [0.2, 0.25) is 5.89 Å². The van der Waals surface area contributed by atoms with Gasteiger partial charge in [0.15, 0.2) is 5.82 Å². The second-order valence-electron chi connectivity index (χ2n) is 4.63. The quantitative estimate of drug-likeness (QED) is 0.725. The van der Waals surface area contributed by atoms with Crippen molar-refractivity contribution in [3.63, 3.8) is 0 Å². The average Bonchev–Trinajstić information content (AvgIpc) is 2.77. The number of carbonyl (C=O) groups excluding carboxylic acids is 1. The molecule has 2 heterocycles. The lowest BCUT2D eigenvalue weighted by Crippen LogP contribution is -2.35. The van der Waals surface area contributed by atoms with E-state index in [0.29, 0.717) is 12.4 Å². The van der Waals surface area contributed by atoms with Gasteiger partial charge in [0.25, 0.3) is 0 Å². The Bertz CT molecular complexity index is 364. The highest BCUT2D eigenvalue weighted by Crippen LogP contribution is 2.16. The Balaban J connectivity index is 1.88. The molecule has 1 aromatic rings. The predicted octanol–water partition coefficient (Wildman–Crippen LogP) is 1.43. The first kappa shape index (κ1) is 12.2. The fraction of sp³-hybridized carbons (Fsp3) is 0.750. The minimum atomic E-state index is 0.168. The highest BCUT2D eigenvalue weighted by atomic mass is 16.5. The van der Waals surface area contributed by atoms with Crippen molar-refractivity contribution in [2.75, 3.05) is 13.1 Å². The van der Waals surface area contributed by atoms with E-state index in [1.165, 1.54) is 0 Å². The van der Waals surface area contributed by atoms with E-state index >= 15 is 0 Å². The topological polar surface area (TPSA) is 59.2 Å². The van der Waals surface area contributed by atoms with Crippen LogP contribution in [-0.2, 0) is 17.8 Å². The molecule has 5 heteroatoms. The second-order valence-corrected chi connectivity index (χ2v) is 4.63. The summed E-state index contributed by atoms with van der Waals surface area (Å²) in [7, 11) is 0. The molecule has 0 radical (unpaired) electrons. The van der Waals surface area contributed by atoms with Gasteiger partial charge in [0.1, 0.15) is 6.29 Å². The van der Waals surface area contributed by atoms with Gasteiger partial charge in [-0.3, -0.25) is 4.90 Å². The number of nitrogens with zero attached hydrogens (tertiary/aromatic N) is 3. The number of piperidine rings is 1. The number of aldehydes is 1. The van der Waals surface area contributed by atoms with Gasteiger partial charge < -0.3 is 9.32 Å². The summed E-state index contributed by atoms with van der Waals surface area (Å²) >= 11 is 0. The van der Waals surface area contributed by atoms with Crippen LogP contribution in [0, 0.1) is 5.92 Å². The van der Waals surface area contributed by atoms with Crippen molar-refractivity contribution < 1.29 is 9.32 Å². The van der Waals surface area contributed by atoms with E-state index < -0.39 is 0 Å². The molecule has 1 atom stereocenters. The number of aryl methyl sites for hydroxylation is 1. The summed E-state index contributed by atoms with van der Waals surface area (Å²) < 4.78 is 5.20. The molecule has 1 aliphatic heterocycles. The number of hydrogen-bond acceptors (Lipinski definition) is 5. The number of hydrogen-bond donors (Lipinski definition) is 0. The molecule has 0 spiro atoms. The number of aromatic nitrogens is 2. The third-order valence-corrected chi connectivity index (χ3v) is 3.08. The molecule has 5 nitrogen and oxygen atoms in total. The van der Waals surface area contributed by atoms with Crippen molar-refractivity contribution in [3.05, 3.63) is 11.7 Å². The van der Waals surface area contributed by atoms with Crippen LogP contribution in [0.25, 0.3) is 0 Å². The van der Waals surface area contributed by atoms with Crippen LogP contribution in [0.1, 0.15) is 37.9 Å². The summed E-state index contributed by atoms with van der Waals surface area (Å²) in [5.41, 5.74) is 0. The highest BCUT2D eigenvalue weighted by molar-refractivity contribution is 5.53. The van der Waals surface area contributed by atoms with Crippen LogP contribution in [0.3, 0.4) is 0 Å². The SMILES string of the molecule is CCCc1noc(CN2CCCC(C=O)C2)n1. The van der Waals surface area contributed by atoms with Crippen molar-refractivity contribution in [2.45, 2.75) is 39.2 Å². The molecule has 0 amide bonds. The minimum absolute atomic E-state index is 0.168. The number of rotatable bonds is 5. The molecule has 0 saturated carbocycles. The lowest BCUT2D eigenvalue weighted by atomic mass is 10.00. The Hall–Kier alpha value is -1.23. The van der Waals surface area contributed by atoms with Crippen LogP contribution in [0.2, 0.25) is 0 Å². The molecular formula is C12H19N3O2. The lowest BCUT2D eigenvalue weighted by Gasteiger charge is -2.28. The predicted molar refractivity (Wildman–Crippen MR) is 62.4 cm³/mol. The van der Waals surface area contributed by atoms with Crippen molar-refractivity contribution >= 4 is 6.29 Å². The molecule has 1 fully saturated rings. The van der Waals surface area contributed by atoms with E-state index in [2.05, 4.69) is 22.0 Å². The first-order valence-electron chi connectivity index (χ1n) is 6.31. The average molecular weight is 237 g/mol. The summed E-state index contributed by atoms with van der Waals surface area (Å²) in [6, 6.07) is 0. The normalized spacial score (nSPS) is 21.6. The smallest absolute Gasteiger partial charge is 0.240 e. The molecule has 0 N–H and O–H groups in total.